The Bertz CT molecular complexity index is 1130. The number of hydrogen-bond donors (Lipinski definition) is 0. The summed E-state index contributed by atoms with van der Waals surface area (Å²) in [5, 5.41) is 8.32. The Hall–Kier alpha value is -1.75. The highest BCUT2D eigenvalue weighted by molar-refractivity contribution is 9.10. The molecule has 0 saturated heterocycles. The van der Waals surface area contributed by atoms with Crippen molar-refractivity contribution in [3.63, 3.8) is 0 Å². The number of sulfonamides is 1. The summed E-state index contributed by atoms with van der Waals surface area (Å²) in [4.78, 5) is 0.160. The van der Waals surface area contributed by atoms with Gasteiger partial charge in [0.2, 0.25) is 10.0 Å². The average Bonchev–Trinajstić information content (AvgIpc) is 3.09. The Labute approximate surface area is 186 Å². The Morgan fingerprint density at radius 3 is 2.59 bits per heavy atom. The Kier molecular flexibility index (Phi) is 5.78. The second kappa shape index (κ2) is 8.17. The topological polar surface area (TPSA) is 77.3 Å². The van der Waals surface area contributed by atoms with Crippen LogP contribution >= 0.6 is 31.9 Å². The highest BCUT2D eigenvalue weighted by Crippen LogP contribution is 2.34. The maximum Gasteiger partial charge on any atom is 0.247 e. The molecule has 10 heteroatoms. The summed E-state index contributed by atoms with van der Waals surface area (Å²) in [5.41, 5.74) is 1.66. The van der Waals surface area contributed by atoms with Crippen molar-refractivity contribution in [2.75, 3.05) is 6.61 Å². The number of hydrogen-bond acceptors (Lipinski definition) is 5. The summed E-state index contributed by atoms with van der Waals surface area (Å²) >= 11 is 6.78. The molecule has 4 rings (SSSR count). The van der Waals surface area contributed by atoms with Gasteiger partial charge in [-0.3, -0.25) is 0 Å². The van der Waals surface area contributed by atoms with Crippen LogP contribution in [0, 0.1) is 0 Å². The van der Waals surface area contributed by atoms with E-state index in [1.807, 2.05) is 31.2 Å². The molecule has 1 aliphatic rings. The molecule has 0 N–H and O–H groups in total. The van der Waals surface area contributed by atoms with Crippen LogP contribution in [0.15, 0.2) is 62.5 Å². The zero-order valence-electron chi connectivity index (χ0n) is 15.5. The maximum atomic E-state index is 13.3. The van der Waals surface area contributed by atoms with E-state index in [4.69, 9.17) is 4.74 Å². The van der Waals surface area contributed by atoms with Gasteiger partial charge in [-0.1, -0.05) is 49.2 Å². The smallest absolute Gasteiger partial charge is 0.247 e. The van der Waals surface area contributed by atoms with Crippen LogP contribution in [0.1, 0.15) is 18.2 Å². The SMILES string of the molecule is C[C@@H]1COc2cc(Br)ccc2S(=O)(=O)N1Cc1cn(Cc2ccc(Br)cc2)nn1. The second-order valence-corrected chi connectivity index (χ2v) is 10.5. The fourth-order valence-corrected chi connectivity index (χ4v) is 5.44. The summed E-state index contributed by atoms with van der Waals surface area (Å²) in [6.45, 7) is 2.77. The first-order chi connectivity index (χ1) is 13.8. The molecule has 0 unspecified atom stereocenters. The molecule has 0 radical (unpaired) electrons. The molecule has 152 valence electrons. The molecular weight excluding hydrogens is 524 g/mol. The summed E-state index contributed by atoms with van der Waals surface area (Å²) < 4.78 is 37.1. The Morgan fingerprint density at radius 2 is 1.83 bits per heavy atom. The van der Waals surface area contributed by atoms with Crippen molar-refractivity contribution in [2.24, 2.45) is 0 Å². The van der Waals surface area contributed by atoms with Gasteiger partial charge < -0.3 is 4.74 Å². The van der Waals surface area contributed by atoms with Gasteiger partial charge in [-0.05, 0) is 42.8 Å². The van der Waals surface area contributed by atoms with Crippen molar-refractivity contribution in [1.29, 1.82) is 0 Å². The van der Waals surface area contributed by atoms with E-state index in [9.17, 15) is 8.42 Å². The standard InChI is InChI=1S/C19H18Br2N4O3S/c1-13-12-28-18-8-16(21)6-7-19(18)29(26,27)25(13)11-17-10-24(23-22-17)9-14-2-4-15(20)5-3-14/h2-8,10,13H,9,11-12H2,1H3/t13-/m1/s1. The summed E-state index contributed by atoms with van der Waals surface area (Å²) in [6, 6.07) is 12.5. The maximum absolute atomic E-state index is 13.3. The number of ether oxygens (including phenoxy) is 1. The van der Waals surface area contributed by atoms with Gasteiger partial charge in [0.05, 0.1) is 31.0 Å². The first-order valence-electron chi connectivity index (χ1n) is 8.90. The molecule has 2 aromatic carbocycles. The number of nitrogens with zero attached hydrogens (tertiary/aromatic N) is 4. The van der Waals surface area contributed by atoms with E-state index in [-0.39, 0.29) is 24.1 Å². The molecule has 0 amide bonds. The first-order valence-corrected chi connectivity index (χ1v) is 11.9. The minimum atomic E-state index is -3.73. The van der Waals surface area contributed by atoms with Crippen molar-refractivity contribution >= 4 is 41.9 Å². The molecule has 29 heavy (non-hydrogen) atoms. The predicted octanol–water partition coefficient (Wildman–Crippen LogP) is 3.82. The van der Waals surface area contributed by atoms with E-state index in [1.165, 1.54) is 4.31 Å². The number of benzene rings is 2. The zero-order chi connectivity index (χ0) is 20.6. The van der Waals surface area contributed by atoms with Gasteiger partial charge in [0.1, 0.15) is 17.3 Å². The Balaban J connectivity index is 1.57. The molecule has 0 aliphatic carbocycles. The van der Waals surface area contributed by atoms with Crippen LogP contribution in [-0.4, -0.2) is 40.4 Å². The van der Waals surface area contributed by atoms with E-state index in [1.54, 1.807) is 29.1 Å². The lowest BCUT2D eigenvalue weighted by atomic mass is 10.2. The van der Waals surface area contributed by atoms with E-state index in [0.717, 1.165) is 14.5 Å². The Morgan fingerprint density at radius 1 is 1.10 bits per heavy atom. The third kappa shape index (κ3) is 4.40. The van der Waals surface area contributed by atoms with Gasteiger partial charge in [0.25, 0.3) is 0 Å². The van der Waals surface area contributed by atoms with Crippen LogP contribution in [0.25, 0.3) is 0 Å². The largest absolute Gasteiger partial charge is 0.490 e. The van der Waals surface area contributed by atoms with Crippen LogP contribution < -0.4 is 4.74 Å². The van der Waals surface area contributed by atoms with Crippen LogP contribution in [0.5, 0.6) is 5.75 Å². The van der Waals surface area contributed by atoms with E-state index in [2.05, 4.69) is 42.2 Å². The number of fused-ring (bicyclic) bond motifs is 1. The van der Waals surface area contributed by atoms with Gasteiger partial charge in [0.15, 0.2) is 0 Å². The fraction of sp³-hybridized carbons (Fsp3) is 0.263. The van der Waals surface area contributed by atoms with Crippen LogP contribution in [-0.2, 0) is 23.1 Å². The quantitative estimate of drug-likeness (QED) is 0.501. The lowest BCUT2D eigenvalue weighted by Gasteiger charge is -2.24. The summed E-state index contributed by atoms with van der Waals surface area (Å²) in [5.74, 6) is 0.354. The molecular formula is C19H18Br2N4O3S. The van der Waals surface area contributed by atoms with Gasteiger partial charge in [-0.25, -0.2) is 13.1 Å². The molecule has 0 spiro atoms. The first kappa shape index (κ1) is 20.5. The predicted molar refractivity (Wildman–Crippen MR) is 115 cm³/mol. The molecule has 1 aliphatic heterocycles. The normalized spacial score (nSPS) is 18.7. The van der Waals surface area contributed by atoms with Gasteiger partial charge >= 0.3 is 0 Å². The van der Waals surface area contributed by atoms with Crippen molar-refractivity contribution in [3.05, 3.63) is 68.9 Å². The minimum Gasteiger partial charge on any atom is -0.490 e. The highest BCUT2D eigenvalue weighted by Gasteiger charge is 2.35. The lowest BCUT2D eigenvalue weighted by Crippen LogP contribution is -2.39. The van der Waals surface area contributed by atoms with E-state index >= 15 is 0 Å². The number of halogens is 2. The van der Waals surface area contributed by atoms with Crippen LogP contribution in [0.4, 0.5) is 0 Å². The molecule has 0 saturated carbocycles. The summed E-state index contributed by atoms with van der Waals surface area (Å²) in [6.07, 6.45) is 1.78. The zero-order valence-corrected chi connectivity index (χ0v) is 19.5. The van der Waals surface area contributed by atoms with Crippen molar-refractivity contribution in [3.8, 4) is 5.75 Å². The molecule has 3 aromatic rings. The molecule has 0 bridgehead atoms. The van der Waals surface area contributed by atoms with Gasteiger partial charge in [-0.2, -0.15) is 4.31 Å². The lowest BCUT2D eigenvalue weighted by molar-refractivity contribution is 0.219. The summed E-state index contributed by atoms with van der Waals surface area (Å²) in [7, 11) is -3.73. The third-order valence-electron chi connectivity index (χ3n) is 4.63. The molecule has 0 fully saturated rings. The third-order valence-corrected chi connectivity index (χ3v) is 7.65. The fourth-order valence-electron chi connectivity index (χ4n) is 3.13. The number of rotatable bonds is 4. The highest BCUT2D eigenvalue weighted by atomic mass is 79.9. The molecule has 1 aromatic heterocycles. The molecule has 2 heterocycles. The van der Waals surface area contributed by atoms with Crippen LogP contribution in [0.2, 0.25) is 0 Å². The van der Waals surface area contributed by atoms with Crippen LogP contribution in [0.3, 0.4) is 0 Å². The van der Waals surface area contributed by atoms with Crippen molar-refractivity contribution < 1.29 is 13.2 Å². The van der Waals surface area contributed by atoms with Crippen molar-refractivity contribution in [2.45, 2.75) is 31.0 Å². The minimum absolute atomic E-state index is 0.128. The van der Waals surface area contributed by atoms with Gasteiger partial charge in [0, 0.05) is 8.95 Å². The monoisotopic (exact) mass is 540 g/mol. The van der Waals surface area contributed by atoms with Crippen molar-refractivity contribution in [1.82, 2.24) is 19.3 Å². The average molecular weight is 542 g/mol. The molecule has 1 atom stereocenters. The molecule has 7 nitrogen and oxygen atoms in total. The van der Waals surface area contributed by atoms with E-state index < -0.39 is 10.0 Å². The van der Waals surface area contributed by atoms with E-state index in [0.29, 0.717) is 18.0 Å². The van der Waals surface area contributed by atoms with Gasteiger partial charge in [-0.15, -0.1) is 5.10 Å². The second-order valence-electron chi connectivity index (χ2n) is 6.84. The number of aromatic nitrogens is 3.